The fraction of sp³-hybridized carbons (Fsp3) is 0.308. The Morgan fingerprint density at radius 3 is 2.50 bits per heavy atom. The summed E-state index contributed by atoms with van der Waals surface area (Å²) in [6.07, 6.45) is 1.90. The fourth-order valence-electron chi connectivity index (χ4n) is 3.45. The van der Waals surface area contributed by atoms with Crippen LogP contribution in [0.4, 0.5) is 0 Å². The molecule has 0 bridgehead atoms. The molecule has 0 saturated carbocycles. The van der Waals surface area contributed by atoms with E-state index in [0.717, 1.165) is 33.7 Å². The maximum absolute atomic E-state index is 13.2. The molecular weight excluding hydrogens is 468 g/mol. The highest BCUT2D eigenvalue weighted by atomic mass is 79.9. The van der Waals surface area contributed by atoms with Crippen molar-refractivity contribution in [2.24, 2.45) is 0 Å². The van der Waals surface area contributed by atoms with Crippen LogP contribution in [0.2, 0.25) is 0 Å². The Kier molecular flexibility index (Phi) is 8.68. The Morgan fingerprint density at radius 1 is 1.03 bits per heavy atom. The van der Waals surface area contributed by atoms with Crippen molar-refractivity contribution in [1.29, 1.82) is 0 Å². The second kappa shape index (κ2) is 11.7. The summed E-state index contributed by atoms with van der Waals surface area (Å²) in [6, 6.07) is 20.8. The largest absolute Gasteiger partial charge is 0.483 e. The van der Waals surface area contributed by atoms with Crippen LogP contribution in [0.5, 0.6) is 5.75 Å². The lowest BCUT2D eigenvalue weighted by Crippen LogP contribution is -2.49. The molecule has 0 unspecified atom stereocenters. The molecule has 1 atom stereocenters. The summed E-state index contributed by atoms with van der Waals surface area (Å²) in [5.74, 6) is 0.193. The van der Waals surface area contributed by atoms with Crippen LogP contribution in [0, 0.1) is 0 Å². The normalized spacial score (nSPS) is 11.7. The van der Waals surface area contributed by atoms with Gasteiger partial charge >= 0.3 is 0 Å². The van der Waals surface area contributed by atoms with Gasteiger partial charge in [-0.3, -0.25) is 9.59 Å². The summed E-state index contributed by atoms with van der Waals surface area (Å²) in [7, 11) is 0. The highest BCUT2D eigenvalue weighted by Gasteiger charge is 2.26. The Bertz CT molecular complexity index is 1060. The standard InChI is InChI=1S/C26H29BrN2O3/c1-3-4-16-28-26(31)19(2)29(17-20-10-6-5-7-11-20)24(30)18-32-23-15-14-21-12-8-9-13-22(21)25(23)27/h5-15,19H,3-4,16-18H2,1-2H3,(H,28,31)/t19-/m0/s1. The number of hydrogen-bond donors (Lipinski definition) is 1. The van der Waals surface area contributed by atoms with E-state index in [1.165, 1.54) is 0 Å². The summed E-state index contributed by atoms with van der Waals surface area (Å²) in [4.78, 5) is 27.4. The maximum Gasteiger partial charge on any atom is 0.261 e. The summed E-state index contributed by atoms with van der Waals surface area (Å²) in [6.45, 7) is 4.62. The first-order chi connectivity index (χ1) is 15.5. The molecule has 168 valence electrons. The molecule has 0 aliphatic heterocycles. The SMILES string of the molecule is CCCCNC(=O)[C@H](C)N(Cc1ccccc1)C(=O)COc1ccc2ccccc2c1Br. The maximum atomic E-state index is 13.2. The zero-order valence-electron chi connectivity index (χ0n) is 18.5. The van der Waals surface area contributed by atoms with Crippen molar-refractivity contribution in [2.45, 2.75) is 39.3 Å². The molecule has 0 saturated heterocycles. The molecule has 6 heteroatoms. The minimum atomic E-state index is -0.608. The Morgan fingerprint density at radius 2 is 1.75 bits per heavy atom. The number of amides is 2. The van der Waals surface area contributed by atoms with Gasteiger partial charge in [-0.2, -0.15) is 0 Å². The molecular formula is C26H29BrN2O3. The number of halogens is 1. The minimum Gasteiger partial charge on any atom is -0.483 e. The van der Waals surface area contributed by atoms with E-state index < -0.39 is 6.04 Å². The van der Waals surface area contributed by atoms with Gasteiger partial charge in [-0.1, -0.05) is 74.0 Å². The van der Waals surface area contributed by atoms with E-state index in [1.54, 1.807) is 11.8 Å². The van der Waals surface area contributed by atoms with Crippen LogP contribution in [0.3, 0.4) is 0 Å². The van der Waals surface area contributed by atoms with E-state index in [9.17, 15) is 9.59 Å². The molecule has 0 fully saturated rings. The third-order valence-corrected chi connectivity index (χ3v) is 6.19. The number of unbranched alkanes of at least 4 members (excludes halogenated alkanes) is 1. The molecule has 3 aromatic rings. The highest BCUT2D eigenvalue weighted by molar-refractivity contribution is 9.10. The van der Waals surface area contributed by atoms with Crippen LogP contribution in [-0.4, -0.2) is 35.9 Å². The predicted octanol–water partition coefficient (Wildman–Crippen LogP) is 5.31. The van der Waals surface area contributed by atoms with E-state index in [1.807, 2.05) is 66.7 Å². The molecule has 32 heavy (non-hydrogen) atoms. The molecule has 3 aromatic carbocycles. The van der Waals surface area contributed by atoms with Crippen LogP contribution >= 0.6 is 15.9 Å². The predicted molar refractivity (Wildman–Crippen MR) is 132 cm³/mol. The number of carbonyl (C=O) groups is 2. The molecule has 0 spiro atoms. The number of ether oxygens (including phenoxy) is 1. The topological polar surface area (TPSA) is 58.6 Å². The van der Waals surface area contributed by atoms with Crippen LogP contribution < -0.4 is 10.1 Å². The van der Waals surface area contributed by atoms with E-state index in [0.29, 0.717) is 18.8 Å². The third-order valence-electron chi connectivity index (χ3n) is 5.37. The molecule has 2 amide bonds. The molecule has 5 nitrogen and oxygen atoms in total. The highest BCUT2D eigenvalue weighted by Crippen LogP contribution is 2.33. The van der Waals surface area contributed by atoms with Crippen molar-refractivity contribution in [1.82, 2.24) is 10.2 Å². The van der Waals surface area contributed by atoms with Crippen LogP contribution in [0.25, 0.3) is 10.8 Å². The van der Waals surface area contributed by atoms with Gasteiger partial charge in [-0.05, 0) is 51.7 Å². The fourth-order valence-corrected chi connectivity index (χ4v) is 4.05. The number of nitrogens with zero attached hydrogens (tertiary/aromatic N) is 1. The van der Waals surface area contributed by atoms with E-state index >= 15 is 0 Å². The number of rotatable bonds is 10. The Labute approximate surface area is 197 Å². The van der Waals surface area contributed by atoms with Gasteiger partial charge in [0.15, 0.2) is 6.61 Å². The van der Waals surface area contributed by atoms with Crippen molar-refractivity contribution >= 4 is 38.5 Å². The van der Waals surface area contributed by atoms with Crippen molar-refractivity contribution in [3.63, 3.8) is 0 Å². The first kappa shape index (κ1) is 23.8. The number of benzene rings is 3. The lowest BCUT2D eigenvalue weighted by atomic mass is 10.1. The van der Waals surface area contributed by atoms with E-state index in [4.69, 9.17) is 4.74 Å². The van der Waals surface area contributed by atoms with Gasteiger partial charge in [0.25, 0.3) is 5.91 Å². The zero-order valence-corrected chi connectivity index (χ0v) is 20.1. The van der Waals surface area contributed by atoms with Crippen molar-refractivity contribution in [3.05, 3.63) is 76.8 Å². The summed E-state index contributed by atoms with van der Waals surface area (Å²) >= 11 is 3.60. The summed E-state index contributed by atoms with van der Waals surface area (Å²) in [5.41, 5.74) is 0.959. The van der Waals surface area contributed by atoms with Crippen molar-refractivity contribution < 1.29 is 14.3 Å². The minimum absolute atomic E-state index is 0.156. The van der Waals surface area contributed by atoms with Crippen LogP contribution in [0.1, 0.15) is 32.3 Å². The lowest BCUT2D eigenvalue weighted by Gasteiger charge is -2.29. The zero-order chi connectivity index (χ0) is 22.9. The molecule has 0 aliphatic carbocycles. The summed E-state index contributed by atoms with van der Waals surface area (Å²) < 4.78 is 6.69. The van der Waals surface area contributed by atoms with Gasteiger partial charge in [0.1, 0.15) is 11.8 Å². The smallest absolute Gasteiger partial charge is 0.261 e. The van der Waals surface area contributed by atoms with Crippen LogP contribution in [-0.2, 0) is 16.1 Å². The van der Waals surface area contributed by atoms with E-state index in [-0.39, 0.29) is 18.4 Å². The van der Waals surface area contributed by atoms with Gasteiger partial charge in [0.2, 0.25) is 5.91 Å². The Hall–Kier alpha value is -2.86. The summed E-state index contributed by atoms with van der Waals surface area (Å²) in [5, 5.41) is 5.03. The van der Waals surface area contributed by atoms with Gasteiger partial charge < -0.3 is 15.0 Å². The van der Waals surface area contributed by atoms with Gasteiger partial charge in [0.05, 0.1) is 4.47 Å². The number of carbonyl (C=O) groups excluding carboxylic acids is 2. The van der Waals surface area contributed by atoms with Crippen LogP contribution in [0.15, 0.2) is 71.2 Å². The number of hydrogen-bond acceptors (Lipinski definition) is 3. The lowest BCUT2D eigenvalue weighted by molar-refractivity contribution is -0.142. The van der Waals surface area contributed by atoms with Crippen molar-refractivity contribution in [2.75, 3.05) is 13.2 Å². The Balaban J connectivity index is 1.74. The molecule has 3 rings (SSSR count). The monoisotopic (exact) mass is 496 g/mol. The number of fused-ring (bicyclic) bond motifs is 1. The molecule has 0 heterocycles. The average molecular weight is 497 g/mol. The van der Waals surface area contributed by atoms with Gasteiger partial charge in [-0.15, -0.1) is 0 Å². The quantitative estimate of drug-likeness (QED) is 0.386. The second-order valence-corrected chi connectivity index (χ2v) is 8.51. The van der Waals surface area contributed by atoms with Gasteiger partial charge in [0, 0.05) is 13.1 Å². The second-order valence-electron chi connectivity index (χ2n) is 7.72. The molecule has 1 N–H and O–H groups in total. The third kappa shape index (κ3) is 6.10. The van der Waals surface area contributed by atoms with E-state index in [2.05, 4.69) is 28.2 Å². The molecule has 0 aliphatic rings. The van der Waals surface area contributed by atoms with Gasteiger partial charge in [-0.25, -0.2) is 0 Å². The number of nitrogens with one attached hydrogen (secondary N) is 1. The first-order valence-electron chi connectivity index (χ1n) is 10.9. The molecule has 0 aromatic heterocycles. The van der Waals surface area contributed by atoms with Crippen molar-refractivity contribution in [3.8, 4) is 5.75 Å². The molecule has 0 radical (unpaired) electrons. The first-order valence-corrected chi connectivity index (χ1v) is 11.7. The average Bonchev–Trinajstić information content (AvgIpc) is 2.82.